The summed E-state index contributed by atoms with van der Waals surface area (Å²) in [7, 11) is 3.21. The van der Waals surface area contributed by atoms with Gasteiger partial charge in [0.05, 0.1) is 37.5 Å². The number of fused-ring (bicyclic) bond motifs is 1. The predicted molar refractivity (Wildman–Crippen MR) is 191 cm³/mol. The maximum absolute atomic E-state index is 14.4. The number of amides is 5. The molecule has 0 aromatic heterocycles. The number of halogens is 1. The largest absolute Gasteiger partial charge is 0.497 e. The molecule has 1 aliphatic heterocycles. The highest BCUT2D eigenvalue weighted by molar-refractivity contribution is 6.02. The molecular formula is C37H48FN5O7. The first-order valence-electron chi connectivity index (χ1n) is 16.8. The quantitative estimate of drug-likeness (QED) is 0.213. The SMILES string of the molecule is COc1ccc(NC(=O)Nc2ccc3c(c2)C(=O)N([C@H](C)CO)C[C@H](C)[C@@H](CN(C)C(=O)Nc2ccc(F)cc2)OCCCC[C@H](C)O3)cc1. The van der Waals surface area contributed by atoms with E-state index in [2.05, 4.69) is 16.0 Å². The maximum atomic E-state index is 14.4. The molecule has 270 valence electrons. The fourth-order valence-electron chi connectivity index (χ4n) is 5.54. The second kappa shape index (κ2) is 18.2. The van der Waals surface area contributed by atoms with Gasteiger partial charge in [0, 0.05) is 49.7 Å². The van der Waals surface area contributed by atoms with E-state index in [1.54, 1.807) is 68.4 Å². The third-order valence-electron chi connectivity index (χ3n) is 8.55. The van der Waals surface area contributed by atoms with Crippen LogP contribution in [0.3, 0.4) is 0 Å². The molecular weight excluding hydrogens is 645 g/mol. The van der Waals surface area contributed by atoms with Gasteiger partial charge < -0.3 is 45.1 Å². The fraction of sp³-hybridized carbons (Fsp3) is 0.432. The highest BCUT2D eigenvalue weighted by Gasteiger charge is 2.31. The minimum atomic E-state index is -0.571. The summed E-state index contributed by atoms with van der Waals surface area (Å²) >= 11 is 0. The molecule has 13 heteroatoms. The molecule has 0 spiro atoms. The molecule has 4 rings (SSSR count). The number of urea groups is 2. The van der Waals surface area contributed by atoms with E-state index in [9.17, 15) is 23.9 Å². The Kier molecular flexibility index (Phi) is 13.8. The average Bonchev–Trinajstić information content (AvgIpc) is 3.10. The number of carbonyl (C=O) groups is 3. The van der Waals surface area contributed by atoms with Crippen molar-refractivity contribution in [1.29, 1.82) is 0 Å². The summed E-state index contributed by atoms with van der Waals surface area (Å²) in [5.41, 5.74) is 1.62. The Balaban J connectivity index is 1.56. The number of likely N-dealkylation sites (N-methyl/N-ethyl adjacent to an activating group) is 1. The zero-order chi connectivity index (χ0) is 36.2. The van der Waals surface area contributed by atoms with Gasteiger partial charge in [0.2, 0.25) is 0 Å². The lowest BCUT2D eigenvalue weighted by Crippen LogP contribution is -2.48. The van der Waals surface area contributed by atoms with E-state index in [1.807, 2.05) is 13.8 Å². The smallest absolute Gasteiger partial charge is 0.323 e. The number of hydrogen-bond acceptors (Lipinski definition) is 7. The van der Waals surface area contributed by atoms with Crippen LogP contribution in [-0.4, -0.2) is 91.6 Å². The van der Waals surface area contributed by atoms with Gasteiger partial charge in [-0.05, 0) is 99.8 Å². The standard InChI is InChI=1S/C37H48FN5O7/c1-24-21-43(25(2)23-44)35(45)32-20-30(40-36(46)39-28-13-16-31(48-5)17-14-28)15-18-33(32)50-26(3)8-6-7-19-49-34(24)22-42(4)37(47)41-29-11-9-27(38)10-12-29/h9-18,20,24-26,34,44H,6-8,19,21-23H2,1-5H3,(H,41,47)(H2,39,40,46)/t24-,25+,26-,34+/m0/s1. The molecule has 0 aliphatic carbocycles. The Hall–Kier alpha value is -4.88. The Morgan fingerprint density at radius 2 is 1.64 bits per heavy atom. The molecule has 3 aromatic carbocycles. The Labute approximate surface area is 292 Å². The van der Waals surface area contributed by atoms with E-state index in [4.69, 9.17) is 14.2 Å². The molecule has 0 radical (unpaired) electrons. The number of aliphatic hydroxyl groups is 1. The van der Waals surface area contributed by atoms with Crippen molar-refractivity contribution in [2.75, 3.05) is 56.4 Å². The Morgan fingerprint density at radius 3 is 2.32 bits per heavy atom. The number of ether oxygens (including phenoxy) is 3. The van der Waals surface area contributed by atoms with E-state index in [0.717, 1.165) is 12.8 Å². The van der Waals surface area contributed by atoms with E-state index in [0.29, 0.717) is 41.6 Å². The summed E-state index contributed by atoms with van der Waals surface area (Å²) in [6, 6.07) is 15.9. The van der Waals surface area contributed by atoms with E-state index in [-0.39, 0.29) is 43.3 Å². The molecule has 5 amide bonds. The monoisotopic (exact) mass is 693 g/mol. The molecule has 0 saturated heterocycles. The topological polar surface area (TPSA) is 142 Å². The number of hydrogen-bond donors (Lipinski definition) is 4. The van der Waals surface area contributed by atoms with Crippen LogP contribution < -0.4 is 25.4 Å². The van der Waals surface area contributed by atoms with Crippen LogP contribution in [0.2, 0.25) is 0 Å². The summed E-state index contributed by atoms with van der Waals surface area (Å²) < 4.78 is 31.1. The lowest BCUT2D eigenvalue weighted by molar-refractivity contribution is -0.0115. The molecule has 3 aromatic rings. The number of rotatable bonds is 8. The van der Waals surface area contributed by atoms with Gasteiger partial charge in [0.25, 0.3) is 5.91 Å². The van der Waals surface area contributed by atoms with Crippen molar-refractivity contribution < 1.29 is 38.1 Å². The number of methoxy groups -OCH3 is 1. The fourth-order valence-corrected chi connectivity index (χ4v) is 5.54. The molecule has 0 saturated carbocycles. The van der Waals surface area contributed by atoms with Crippen LogP contribution in [0.25, 0.3) is 0 Å². The van der Waals surface area contributed by atoms with Crippen LogP contribution in [0.5, 0.6) is 11.5 Å². The van der Waals surface area contributed by atoms with Crippen molar-refractivity contribution in [2.45, 2.75) is 58.3 Å². The minimum absolute atomic E-state index is 0.198. The van der Waals surface area contributed by atoms with E-state index < -0.39 is 29.9 Å². The van der Waals surface area contributed by atoms with Gasteiger partial charge >= 0.3 is 12.1 Å². The second-order valence-corrected chi connectivity index (χ2v) is 12.6. The number of aliphatic hydroxyl groups excluding tert-OH is 1. The Bertz CT molecular complexity index is 1570. The van der Waals surface area contributed by atoms with Crippen LogP contribution in [-0.2, 0) is 4.74 Å². The predicted octanol–water partition coefficient (Wildman–Crippen LogP) is 6.44. The lowest BCUT2D eigenvalue weighted by Gasteiger charge is -2.35. The molecule has 12 nitrogen and oxygen atoms in total. The summed E-state index contributed by atoms with van der Waals surface area (Å²) in [4.78, 5) is 43.4. The molecule has 4 atom stereocenters. The van der Waals surface area contributed by atoms with Crippen molar-refractivity contribution in [3.05, 3.63) is 78.1 Å². The van der Waals surface area contributed by atoms with Gasteiger partial charge in [-0.2, -0.15) is 0 Å². The summed E-state index contributed by atoms with van der Waals surface area (Å²) in [6.07, 6.45) is 1.60. The molecule has 1 heterocycles. The van der Waals surface area contributed by atoms with E-state index in [1.165, 1.54) is 29.2 Å². The highest BCUT2D eigenvalue weighted by atomic mass is 19.1. The normalized spacial score (nSPS) is 19.2. The summed E-state index contributed by atoms with van der Waals surface area (Å²) in [5, 5.41) is 18.6. The van der Waals surface area contributed by atoms with Crippen LogP contribution in [0.15, 0.2) is 66.7 Å². The van der Waals surface area contributed by atoms with Gasteiger partial charge in [-0.25, -0.2) is 14.0 Å². The first-order valence-corrected chi connectivity index (χ1v) is 16.8. The van der Waals surface area contributed by atoms with Crippen molar-refractivity contribution >= 4 is 35.0 Å². The van der Waals surface area contributed by atoms with Gasteiger partial charge in [-0.15, -0.1) is 0 Å². The first kappa shape index (κ1) is 37.9. The van der Waals surface area contributed by atoms with Gasteiger partial charge in [0.15, 0.2) is 0 Å². The average molecular weight is 694 g/mol. The van der Waals surface area contributed by atoms with Crippen LogP contribution in [0.1, 0.15) is 50.4 Å². The summed E-state index contributed by atoms with van der Waals surface area (Å²) in [5.74, 6) is -0.0349. The number of nitrogens with zero attached hydrogens (tertiary/aromatic N) is 2. The van der Waals surface area contributed by atoms with Crippen LogP contribution in [0, 0.1) is 11.7 Å². The van der Waals surface area contributed by atoms with Crippen molar-refractivity contribution in [3.8, 4) is 11.5 Å². The molecule has 4 N–H and O–H groups in total. The van der Waals surface area contributed by atoms with Crippen LogP contribution >= 0.6 is 0 Å². The lowest BCUT2D eigenvalue weighted by atomic mass is 10.0. The van der Waals surface area contributed by atoms with Gasteiger partial charge in [-0.3, -0.25) is 4.79 Å². The zero-order valence-electron chi connectivity index (χ0n) is 29.3. The molecule has 50 heavy (non-hydrogen) atoms. The van der Waals surface area contributed by atoms with Gasteiger partial charge in [0.1, 0.15) is 17.3 Å². The number of carbonyl (C=O) groups excluding carboxylic acids is 3. The molecule has 0 fully saturated rings. The molecule has 0 bridgehead atoms. The molecule has 1 aliphatic rings. The Morgan fingerprint density at radius 1 is 1.00 bits per heavy atom. The third kappa shape index (κ3) is 10.8. The summed E-state index contributed by atoms with van der Waals surface area (Å²) in [6.45, 7) is 6.19. The van der Waals surface area contributed by atoms with Gasteiger partial charge in [-0.1, -0.05) is 6.92 Å². The zero-order valence-corrected chi connectivity index (χ0v) is 29.3. The number of nitrogens with one attached hydrogen (secondary N) is 3. The van der Waals surface area contributed by atoms with Crippen LogP contribution in [0.4, 0.5) is 31.0 Å². The van der Waals surface area contributed by atoms with Crippen molar-refractivity contribution in [2.24, 2.45) is 5.92 Å². The molecule has 0 unspecified atom stereocenters. The maximum Gasteiger partial charge on any atom is 0.323 e. The van der Waals surface area contributed by atoms with E-state index >= 15 is 0 Å². The first-order chi connectivity index (χ1) is 24.0. The minimum Gasteiger partial charge on any atom is -0.497 e. The second-order valence-electron chi connectivity index (χ2n) is 12.6. The third-order valence-corrected chi connectivity index (χ3v) is 8.55. The van der Waals surface area contributed by atoms with Crippen molar-refractivity contribution in [3.63, 3.8) is 0 Å². The van der Waals surface area contributed by atoms with Crippen molar-refractivity contribution in [1.82, 2.24) is 9.80 Å². The number of anilines is 3. The number of benzene rings is 3. The highest BCUT2D eigenvalue weighted by Crippen LogP contribution is 2.29.